The van der Waals surface area contributed by atoms with E-state index in [1.807, 2.05) is 68.3 Å². The van der Waals surface area contributed by atoms with Gasteiger partial charge in [-0.1, -0.05) is 36.4 Å². The van der Waals surface area contributed by atoms with E-state index in [9.17, 15) is 9.59 Å². The molecule has 2 aromatic rings. The second kappa shape index (κ2) is 11.0. The van der Waals surface area contributed by atoms with E-state index in [0.29, 0.717) is 32.7 Å². The van der Waals surface area contributed by atoms with Gasteiger partial charge in [0.2, 0.25) is 0 Å². The molecule has 0 aliphatic carbocycles. The molecule has 3 heterocycles. The highest BCUT2D eigenvalue weighted by molar-refractivity contribution is 5.69. The first-order valence-electron chi connectivity index (χ1n) is 12.5. The van der Waals surface area contributed by atoms with Crippen LogP contribution in [0.25, 0.3) is 0 Å². The van der Waals surface area contributed by atoms with Crippen molar-refractivity contribution in [1.29, 1.82) is 0 Å². The molecular formula is C27H36N4O4. The van der Waals surface area contributed by atoms with Gasteiger partial charge in [-0.05, 0) is 57.2 Å². The van der Waals surface area contributed by atoms with Gasteiger partial charge in [0, 0.05) is 38.9 Å². The van der Waals surface area contributed by atoms with E-state index in [2.05, 4.69) is 11.0 Å². The first-order chi connectivity index (χ1) is 16.8. The summed E-state index contributed by atoms with van der Waals surface area (Å²) in [6.45, 7) is 9.20. The monoisotopic (exact) mass is 480 g/mol. The zero-order valence-electron chi connectivity index (χ0n) is 21.0. The summed E-state index contributed by atoms with van der Waals surface area (Å²) in [5.41, 5.74) is 1.51. The van der Waals surface area contributed by atoms with Gasteiger partial charge in [-0.15, -0.1) is 0 Å². The number of piperazine rings is 1. The number of benzene rings is 1. The van der Waals surface area contributed by atoms with Crippen molar-refractivity contribution in [3.05, 3.63) is 59.8 Å². The van der Waals surface area contributed by atoms with Crippen molar-refractivity contribution >= 4 is 18.0 Å². The minimum atomic E-state index is -0.493. The number of likely N-dealkylation sites (tertiary alicyclic amines) is 1. The van der Waals surface area contributed by atoms with Crippen molar-refractivity contribution in [2.45, 2.75) is 58.3 Å². The second-order valence-corrected chi connectivity index (χ2v) is 10.1. The number of pyridine rings is 1. The summed E-state index contributed by atoms with van der Waals surface area (Å²) in [6, 6.07) is 13.8. The molecule has 1 atom stereocenters. The van der Waals surface area contributed by atoms with Crippen LogP contribution in [0, 0.1) is 0 Å². The molecule has 188 valence electrons. The highest BCUT2D eigenvalue weighted by atomic mass is 16.6. The Morgan fingerprint density at radius 1 is 0.943 bits per heavy atom. The number of rotatable bonds is 4. The average molecular weight is 481 g/mol. The zero-order chi connectivity index (χ0) is 24.8. The summed E-state index contributed by atoms with van der Waals surface area (Å²) < 4.78 is 11.1. The maximum absolute atomic E-state index is 12.9. The van der Waals surface area contributed by atoms with Gasteiger partial charge in [0.25, 0.3) is 0 Å². The number of nitrogens with zero attached hydrogens (tertiary/aromatic N) is 4. The molecule has 8 heteroatoms. The van der Waals surface area contributed by atoms with Crippen LogP contribution in [0.1, 0.15) is 57.2 Å². The number of aromatic nitrogens is 1. The van der Waals surface area contributed by atoms with Crippen LogP contribution in [-0.4, -0.2) is 65.3 Å². The molecule has 1 aromatic carbocycles. The first kappa shape index (κ1) is 24.8. The van der Waals surface area contributed by atoms with Gasteiger partial charge in [-0.3, -0.25) is 0 Å². The summed E-state index contributed by atoms with van der Waals surface area (Å²) >= 11 is 0. The van der Waals surface area contributed by atoms with Crippen LogP contribution < -0.4 is 4.90 Å². The van der Waals surface area contributed by atoms with Crippen LogP contribution in [0.15, 0.2) is 48.7 Å². The molecule has 2 aliphatic rings. The van der Waals surface area contributed by atoms with Gasteiger partial charge in [0.1, 0.15) is 18.0 Å². The number of carbonyl (C=O) groups excluding carboxylic acids is 2. The molecule has 0 bridgehead atoms. The molecule has 35 heavy (non-hydrogen) atoms. The standard InChI is InChI=1S/C27H36N4O4/c1-27(2,3)35-25(32)30-17-15-29(16-18-30)24-13-12-22(19-28-24)23-11-7-8-14-31(23)26(33)34-20-21-9-5-4-6-10-21/h4-6,9-10,12-13,19,23H,7-8,11,14-18,20H2,1-3H3/t23-/m1/s1. The van der Waals surface area contributed by atoms with Gasteiger partial charge in [-0.25, -0.2) is 14.6 Å². The molecule has 0 saturated carbocycles. The predicted octanol–water partition coefficient (Wildman–Crippen LogP) is 5.00. The molecule has 0 unspecified atom stereocenters. The molecule has 2 aliphatic heterocycles. The van der Waals surface area contributed by atoms with Crippen molar-refractivity contribution in [3.63, 3.8) is 0 Å². The smallest absolute Gasteiger partial charge is 0.410 e. The van der Waals surface area contributed by atoms with Crippen LogP contribution in [0.3, 0.4) is 0 Å². The Bertz CT molecular complexity index is 982. The highest BCUT2D eigenvalue weighted by Gasteiger charge is 2.30. The molecule has 2 saturated heterocycles. The fourth-order valence-electron chi connectivity index (χ4n) is 4.53. The maximum atomic E-state index is 12.9. The Morgan fingerprint density at radius 3 is 2.34 bits per heavy atom. The average Bonchev–Trinajstić information content (AvgIpc) is 2.87. The number of anilines is 1. The number of piperidine rings is 1. The van der Waals surface area contributed by atoms with Crippen molar-refractivity contribution < 1.29 is 19.1 Å². The molecule has 2 amide bonds. The summed E-state index contributed by atoms with van der Waals surface area (Å²) in [5.74, 6) is 0.881. The van der Waals surface area contributed by atoms with E-state index < -0.39 is 5.60 Å². The first-order valence-corrected chi connectivity index (χ1v) is 12.5. The van der Waals surface area contributed by atoms with Crippen LogP contribution in [0.4, 0.5) is 15.4 Å². The summed E-state index contributed by atoms with van der Waals surface area (Å²) in [4.78, 5) is 35.7. The van der Waals surface area contributed by atoms with Gasteiger partial charge in [0.05, 0.1) is 6.04 Å². The minimum Gasteiger partial charge on any atom is -0.445 e. The van der Waals surface area contributed by atoms with Gasteiger partial charge in [-0.2, -0.15) is 0 Å². The Labute approximate surface area is 207 Å². The third-order valence-corrected chi connectivity index (χ3v) is 6.35. The van der Waals surface area contributed by atoms with Gasteiger partial charge in [0.15, 0.2) is 0 Å². The molecule has 0 spiro atoms. The second-order valence-electron chi connectivity index (χ2n) is 10.1. The van der Waals surface area contributed by atoms with Crippen LogP contribution in [-0.2, 0) is 16.1 Å². The third-order valence-electron chi connectivity index (χ3n) is 6.35. The highest BCUT2D eigenvalue weighted by Crippen LogP contribution is 2.32. The molecular weight excluding hydrogens is 444 g/mol. The number of hydrogen-bond donors (Lipinski definition) is 0. The number of amides is 2. The third kappa shape index (κ3) is 6.65. The lowest BCUT2D eigenvalue weighted by Crippen LogP contribution is -2.50. The molecule has 1 aromatic heterocycles. The van der Waals surface area contributed by atoms with Crippen LogP contribution in [0.5, 0.6) is 0 Å². The van der Waals surface area contributed by atoms with E-state index >= 15 is 0 Å². The molecule has 0 radical (unpaired) electrons. The van der Waals surface area contributed by atoms with Crippen molar-refractivity contribution in [3.8, 4) is 0 Å². The molecule has 2 fully saturated rings. The van der Waals surface area contributed by atoms with E-state index in [4.69, 9.17) is 14.5 Å². The molecule has 4 rings (SSSR count). The Hall–Kier alpha value is -3.29. The lowest BCUT2D eigenvalue weighted by molar-refractivity contribution is 0.0240. The zero-order valence-corrected chi connectivity index (χ0v) is 21.0. The summed E-state index contributed by atoms with van der Waals surface area (Å²) in [7, 11) is 0. The Morgan fingerprint density at radius 2 is 1.69 bits per heavy atom. The molecule has 0 N–H and O–H groups in total. The number of carbonyl (C=O) groups is 2. The molecule has 8 nitrogen and oxygen atoms in total. The number of hydrogen-bond acceptors (Lipinski definition) is 6. The maximum Gasteiger partial charge on any atom is 0.410 e. The fraction of sp³-hybridized carbons (Fsp3) is 0.519. The lowest BCUT2D eigenvalue weighted by Gasteiger charge is -2.37. The van der Waals surface area contributed by atoms with Crippen molar-refractivity contribution in [2.24, 2.45) is 0 Å². The number of ether oxygens (including phenoxy) is 2. The van der Waals surface area contributed by atoms with Gasteiger partial charge < -0.3 is 24.2 Å². The largest absolute Gasteiger partial charge is 0.445 e. The SMILES string of the molecule is CC(C)(C)OC(=O)N1CCN(c2ccc([C@H]3CCCCN3C(=O)OCc3ccccc3)cn2)CC1. The normalized spacial score (nSPS) is 18.8. The van der Waals surface area contributed by atoms with E-state index in [-0.39, 0.29) is 24.8 Å². The van der Waals surface area contributed by atoms with Crippen LogP contribution in [0.2, 0.25) is 0 Å². The van der Waals surface area contributed by atoms with E-state index in [1.54, 1.807) is 4.90 Å². The topological polar surface area (TPSA) is 75.2 Å². The minimum absolute atomic E-state index is 0.0300. The summed E-state index contributed by atoms with van der Waals surface area (Å²) in [5, 5.41) is 0. The van der Waals surface area contributed by atoms with E-state index in [0.717, 1.165) is 36.2 Å². The van der Waals surface area contributed by atoms with Crippen LogP contribution >= 0.6 is 0 Å². The predicted molar refractivity (Wildman–Crippen MR) is 134 cm³/mol. The summed E-state index contributed by atoms with van der Waals surface area (Å²) in [6.07, 6.45) is 4.28. The van der Waals surface area contributed by atoms with Crippen molar-refractivity contribution in [2.75, 3.05) is 37.6 Å². The quantitative estimate of drug-likeness (QED) is 0.613. The lowest BCUT2D eigenvalue weighted by atomic mass is 9.97. The van der Waals surface area contributed by atoms with Gasteiger partial charge >= 0.3 is 12.2 Å². The Kier molecular flexibility index (Phi) is 7.78. The fourth-order valence-corrected chi connectivity index (χ4v) is 4.53. The Balaban J connectivity index is 1.34. The van der Waals surface area contributed by atoms with E-state index in [1.165, 1.54) is 0 Å². The van der Waals surface area contributed by atoms with Crippen molar-refractivity contribution in [1.82, 2.24) is 14.8 Å².